The van der Waals surface area contributed by atoms with Gasteiger partial charge in [0.15, 0.2) is 11.3 Å². The Balaban J connectivity index is 0.000000490. The molecule has 2 amide bonds. The second-order valence-corrected chi connectivity index (χ2v) is 11.5. The predicted molar refractivity (Wildman–Crippen MR) is 165 cm³/mol. The van der Waals surface area contributed by atoms with Crippen LogP contribution < -0.4 is 4.90 Å². The first kappa shape index (κ1) is 31.9. The quantitative estimate of drug-likeness (QED) is 0.417. The highest BCUT2D eigenvalue weighted by molar-refractivity contribution is 6.05. The van der Waals surface area contributed by atoms with Gasteiger partial charge in [0.2, 0.25) is 5.91 Å². The largest absolute Gasteiger partial charge is 0.357 e. The molecule has 5 rings (SSSR count). The normalized spacial score (nSPS) is 18.5. The second kappa shape index (κ2) is 16.6. The van der Waals surface area contributed by atoms with Crippen LogP contribution >= 0.6 is 0 Å². The Morgan fingerprint density at radius 1 is 0.825 bits per heavy atom. The molecule has 2 saturated heterocycles. The second-order valence-electron chi connectivity index (χ2n) is 11.5. The van der Waals surface area contributed by atoms with E-state index < -0.39 is 0 Å². The lowest BCUT2D eigenvalue weighted by Gasteiger charge is -2.40. The number of rotatable bonds is 5. The molecule has 2 aromatic rings. The molecule has 0 bridgehead atoms. The van der Waals surface area contributed by atoms with Crippen LogP contribution in [-0.4, -0.2) is 75.1 Å². The van der Waals surface area contributed by atoms with Crippen LogP contribution in [0.5, 0.6) is 0 Å². The highest BCUT2D eigenvalue weighted by atomic mass is 16.2. The molecule has 1 saturated carbocycles. The Kier molecular flexibility index (Phi) is 13.2. The monoisotopic (exact) mass is 554 g/mol. The van der Waals surface area contributed by atoms with Crippen molar-refractivity contribution in [2.24, 2.45) is 7.05 Å². The molecular formula is C32H54N6O2. The van der Waals surface area contributed by atoms with E-state index in [2.05, 4.69) is 37.7 Å². The Hall–Kier alpha value is -2.64. The number of pyridine rings is 1. The lowest BCUT2D eigenvalue weighted by atomic mass is 9.93. The number of piperazine rings is 1. The Bertz CT molecular complexity index is 1050. The van der Waals surface area contributed by atoms with Crippen molar-refractivity contribution in [3.63, 3.8) is 0 Å². The zero-order valence-electron chi connectivity index (χ0n) is 26.0. The van der Waals surface area contributed by atoms with Crippen LogP contribution in [0.15, 0.2) is 12.1 Å². The van der Waals surface area contributed by atoms with E-state index in [9.17, 15) is 9.59 Å². The summed E-state index contributed by atoms with van der Waals surface area (Å²) in [6.07, 6.45) is 16.1. The number of aryl methyl sites for hydroxylation is 1. The maximum atomic E-state index is 13.3. The van der Waals surface area contributed by atoms with Gasteiger partial charge in [-0.25, -0.2) is 9.67 Å². The van der Waals surface area contributed by atoms with Crippen LogP contribution in [-0.2, 0) is 11.8 Å². The van der Waals surface area contributed by atoms with E-state index in [1.165, 1.54) is 70.6 Å². The zero-order chi connectivity index (χ0) is 28.9. The summed E-state index contributed by atoms with van der Waals surface area (Å²) in [5.41, 5.74) is 1.12. The van der Waals surface area contributed by atoms with Crippen LogP contribution in [0, 0.1) is 0 Å². The van der Waals surface area contributed by atoms with Gasteiger partial charge in [-0.2, -0.15) is 5.10 Å². The van der Waals surface area contributed by atoms with Crippen molar-refractivity contribution in [2.45, 2.75) is 117 Å². The molecule has 224 valence electrons. The molecule has 40 heavy (non-hydrogen) atoms. The molecule has 3 fully saturated rings. The first-order valence-electron chi connectivity index (χ1n) is 16.1. The smallest absolute Gasteiger partial charge is 0.275 e. The third-order valence-corrected chi connectivity index (χ3v) is 8.36. The first-order valence-corrected chi connectivity index (χ1v) is 16.1. The van der Waals surface area contributed by atoms with Crippen LogP contribution in [0.3, 0.4) is 0 Å². The molecule has 2 aliphatic heterocycles. The van der Waals surface area contributed by atoms with E-state index in [-0.39, 0.29) is 18.4 Å². The number of unbranched alkanes of at least 4 members (excludes halogenated alkanes) is 2. The molecule has 4 heterocycles. The topological polar surface area (TPSA) is 74.6 Å². The molecule has 0 radical (unpaired) electrons. The number of carbonyl (C=O) groups is 2. The molecule has 0 unspecified atom stereocenters. The summed E-state index contributed by atoms with van der Waals surface area (Å²) in [5.74, 6) is 0.854. The molecule has 0 atom stereocenters. The maximum absolute atomic E-state index is 13.3. The highest BCUT2D eigenvalue weighted by Crippen LogP contribution is 2.26. The van der Waals surface area contributed by atoms with Crippen molar-refractivity contribution < 1.29 is 9.59 Å². The summed E-state index contributed by atoms with van der Waals surface area (Å²) >= 11 is 0. The lowest BCUT2D eigenvalue weighted by molar-refractivity contribution is -0.138. The fraction of sp³-hybridized carbons (Fsp3) is 0.750. The molecule has 8 nitrogen and oxygen atoms in total. The van der Waals surface area contributed by atoms with Gasteiger partial charge in [-0.05, 0) is 37.8 Å². The molecule has 3 aliphatic rings. The summed E-state index contributed by atoms with van der Waals surface area (Å²) in [6.45, 7) is 12.1. The van der Waals surface area contributed by atoms with E-state index in [1.807, 2.05) is 24.1 Å². The minimum Gasteiger partial charge on any atom is -0.357 e. The third-order valence-electron chi connectivity index (χ3n) is 8.36. The van der Waals surface area contributed by atoms with Crippen molar-refractivity contribution in [2.75, 3.05) is 37.6 Å². The van der Waals surface area contributed by atoms with E-state index in [0.717, 1.165) is 42.8 Å². The Labute approximate surface area is 242 Å². The van der Waals surface area contributed by atoms with Gasteiger partial charge in [-0.3, -0.25) is 9.59 Å². The number of amides is 2. The van der Waals surface area contributed by atoms with E-state index in [1.54, 1.807) is 9.58 Å². The number of anilines is 1. The number of hydrogen-bond acceptors (Lipinski definition) is 5. The maximum Gasteiger partial charge on any atom is 0.275 e. The van der Waals surface area contributed by atoms with Crippen molar-refractivity contribution >= 4 is 28.7 Å². The fourth-order valence-electron chi connectivity index (χ4n) is 5.54. The van der Waals surface area contributed by atoms with E-state index in [0.29, 0.717) is 24.8 Å². The van der Waals surface area contributed by atoms with Crippen molar-refractivity contribution in [1.29, 1.82) is 0 Å². The van der Waals surface area contributed by atoms with Gasteiger partial charge < -0.3 is 14.7 Å². The van der Waals surface area contributed by atoms with Crippen LogP contribution in [0.25, 0.3) is 11.0 Å². The van der Waals surface area contributed by atoms with Gasteiger partial charge in [-0.1, -0.05) is 85.5 Å². The molecule has 0 N–H and O–H groups in total. The minimum atomic E-state index is -0.170. The lowest BCUT2D eigenvalue weighted by Crippen LogP contribution is -2.55. The standard InChI is InChI=1S/C24H34N6O2.2C4H10/c1-27-23-19(11-12-20(25-23)28-13-7-2-3-8-14-28)22(26-27)24(32)29-15-16-30(21(31)17-29)18-9-5-4-6-10-18;2*1-3-4-2/h11-12,18H,2-10,13-17H2,1H3;2*3-4H2,1-2H3. The number of nitrogens with zero attached hydrogens (tertiary/aromatic N) is 6. The van der Waals surface area contributed by atoms with Gasteiger partial charge in [-0.15, -0.1) is 0 Å². The van der Waals surface area contributed by atoms with E-state index >= 15 is 0 Å². The van der Waals surface area contributed by atoms with Gasteiger partial charge in [0.25, 0.3) is 5.91 Å². The zero-order valence-corrected chi connectivity index (χ0v) is 26.0. The Morgan fingerprint density at radius 2 is 1.43 bits per heavy atom. The molecule has 1 aliphatic carbocycles. The molecule has 8 heteroatoms. The first-order chi connectivity index (χ1) is 19.4. The van der Waals surface area contributed by atoms with Crippen LogP contribution in [0.4, 0.5) is 5.82 Å². The van der Waals surface area contributed by atoms with Gasteiger partial charge in [0.1, 0.15) is 12.4 Å². The van der Waals surface area contributed by atoms with Gasteiger partial charge >= 0.3 is 0 Å². The highest BCUT2D eigenvalue weighted by Gasteiger charge is 2.34. The summed E-state index contributed by atoms with van der Waals surface area (Å²) in [5, 5.41) is 5.29. The molecular weight excluding hydrogens is 500 g/mol. The summed E-state index contributed by atoms with van der Waals surface area (Å²) < 4.78 is 1.70. The van der Waals surface area contributed by atoms with E-state index in [4.69, 9.17) is 4.98 Å². The van der Waals surface area contributed by atoms with Gasteiger partial charge in [0, 0.05) is 39.3 Å². The number of fused-ring (bicyclic) bond motifs is 1. The van der Waals surface area contributed by atoms with Crippen LogP contribution in [0.2, 0.25) is 0 Å². The average molecular weight is 555 g/mol. The summed E-state index contributed by atoms with van der Waals surface area (Å²) in [4.78, 5) is 37.0. The predicted octanol–water partition coefficient (Wildman–Crippen LogP) is 6.58. The van der Waals surface area contributed by atoms with Crippen LogP contribution in [0.1, 0.15) is 122 Å². The molecule has 0 aromatic carbocycles. The third kappa shape index (κ3) is 8.43. The molecule has 0 spiro atoms. The van der Waals surface area contributed by atoms with Gasteiger partial charge in [0.05, 0.1) is 5.39 Å². The number of hydrogen-bond donors (Lipinski definition) is 0. The van der Waals surface area contributed by atoms with Crippen molar-refractivity contribution in [1.82, 2.24) is 24.6 Å². The summed E-state index contributed by atoms with van der Waals surface area (Å²) in [7, 11) is 1.84. The molecule has 2 aromatic heterocycles. The number of carbonyl (C=O) groups excluding carboxylic acids is 2. The van der Waals surface area contributed by atoms with Crippen molar-refractivity contribution in [3.05, 3.63) is 17.8 Å². The fourth-order valence-corrected chi connectivity index (χ4v) is 5.54. The Morgan fingerprint density at radius 3 is 2.00 bits per heavy atom. The summed E-state index contributed by atoms with van der Waals surface area (Å²) in [6, 6.07) is 4.34. The average Bonchev–Trinajstić information content (AvgIpc) is 3.15. The minimum absolute atomic E-state index is 0.0679. The van der Waals surface area contributed by atoms with Crippen molar-refractivity contribution in [3.8, 4) is 0 Å². The SMILES string of the molecule is CCCC.CCCC.Cn1nc(C(=O)N2CCN(C3CCCCC3)C(=O)C2)c2ccc(N3CCCCCC3)nc21. The number of aromatic nitrogens is 3.